The molecule has 0 fully saturated rings. The number of phosphoric ester groups is 1. The molecule has 0 unspecified atom stereocenters. The highest BCUT2D eigenvalue weighted by molar-refractivity contribution is 7.48. The molecule has 56 heavy (non-hydrogen) atoms. The zero-order valence-electron chi connectivity index (χ0n) is 26.1. The van der Waals surface area contributed by atoms with Crippen LogP contribution < -0.4 is 0 Å². The lowest BCUT2D eigenvalue weighted by Gasteiger charge is -2.19. The Bertz CT molecular complexity index is 1870. The fourth-order valence-electron chi connectivity index (χ4n) is 4.38. The first-order chi connectivity index (χ1) is 25.5. The Labute approximate surface area is 298 Å². The average molecular weight is 842 g/mol. The first-order valence-electron chi connectivity index (χ1n) is 13.6. The summed E-state index contributed by atoms with van der Waals surface area (Å²) in [5, 5.41) is 69.8. The van der Waals surface area contributed by atoms with Crippen LogP contribution in [0.4, 0.5) is 73.6 Å². The van der Waals surface area contributed by atoms with Crippen molar-refractivity contribution in [2.75, 3.05) is 0 Å². The van der Waals surface area contributed by atoms with Crippen LogP contribution in [0.3, 0.4) is 0 Å². The number of rotatable bonds is 15. The number of alkyl halides is 9. The Balaban J connectivity index is 2.27. The molecule has 0 amide bonds. The zero-order valence-corrected chi connectivity index (χ0v) is 27.0. The van der Waals surface area contributed by atoms with Gasteiger partial charge in [0.05, 0.1) is 66.1 Å². The van der Waals surface area contributed by atoms with Gasteiger partial charge in [-0.3, -0.25) is 74.3 Å². The molecule has 3 aromatic rings. The molecular formula is C24H12F9N6O16P. The molecule has 22 nitrogen and oxygen atoms in total. The summed E-state index contributed by atoms with van der Waals surface area (Å²) in [4.78, 5) is 59.9. The molecule has 0 aliphatic heterocycles. The number of halogens is 9. The van der Waals surface area contributed by atoms with Crippen molar-refractivity contribution in [2.24, 2.45) is 0 Å². The maximum Gasteiger partial charge on any atom is 0.475 e. The third-order valence-electron chi connectivity index (χ3n) is 6.87. The van der Waals surface area contributed by atoms with Gasteiger partial charge in [-0.05, 0) is 0 Å². The molecule has 0 spiro atoms. The van der Waals surface area contributed by atoms with E-state index in [-0.39, 0.29) is 36.4 Å². The minimum atomic E-state index is -6.15. The van der Waals surface area contributed by atoms with Gasteiger partial charge >= 0.3 is 26.4 Å². The molecular weight excluding hydrogens is 830 g/mol. The summed E-state index contributed by atoms with van der Waals surface area (Å²) in [6.45, 7) is -5.84. The van der Waals surface area contributed by atoms with Gasteiger partial charge < -0.3 is 0 Å². The van der Waals surface area contributed by atoms with E-state index in [9.17, 15) is 105 Å². The van der Waals surface area contributed by atoms with Crippen LogP contribution in [-0.2, 0) is 56.5 Å². The summed E-state index contributed by atoms with van der Waals surface area (Å²) in [6, 6.07) is -1.74. The van der Waals surface area contributed by atoms with Crippen molar-refractivity contribution in [3.8, 4) is 0 Å². The third kappa shape index (κ3) is 9.99. The van der Waals surface area contributed by atoms with Crippen LogP contribution in [0.1, 0.15) is 33.4 Å². The Morgan fingerprint density at radius 2 is 0.571 bits per heavy atom. The fraction of sp³-hybridized carbons (Fsp3) is 0.250. The van der Waals surface area contributed by atoms with Gasteiger partial charge in [0.1, 0.15) is 16.7 Å². The molecule has 0 heterocycles. The van der Waals surface area contributed by atoms with Crippen LogP contribution >= 0.6 is 7.82 Å². The van der Waals surface area contributed by atoms with E-state index in [4.69, 9.17) is 13.6 Å². The summed E-state index contributed by atoms with van der Waals surface area (Å²) in [7, 11) is -6.15. The SMILES string of the molecule is O=[N+]([O-])c1cc(C(F)(F)F)cc([N+](=O)[O-])c1COP(=O)(OCc1c([N+](=O)[O-])cc(C(F)(F)F)cc1[N+](=O)[O-])OCc1c([N+](=O)[O-])cc(C(F)(F)F)cc1[N+](=O)[O-]. The van der Waals surface area contributed by atoms with E-state index in [1.54, 1.807) is 0 Å². The topological polar surface area (TPSA) is 304 Å². The van der Waals surface area contributed by atoms with E-state index in [1.165, 1.54) is 0 Å². The molecule has 0 radical (unpaired) electrons. The van der Waals surface area contributed by atoms with E-state index in [2.05, 4.69) is 0 Å². The fourth-order valence-corrected chi connectivity index (χ4v) is 5.47. The number of nitro benzene ring substituents is 6. The van der Waals surface area contributed by atoms with Gasteiger partial charge in [-0.15, -0.1) is 0 Å². The second-order valence-corrected chi connectivity index (χ2v) is 12.0. The molecule has 3 aromatic carbocycles. The van der Waals surface area contributed by atoms with Crippen LogP contribution in [0.15, 0.2) is 36.4 Å². The number of nitro groups is 6. The van der Waals surface area contributed by atoms with Crippen molar-refractivity contribution in [2.45, 2.75) is 38.3 Å². The molecule has 0 N–H and O–H groups in total. The first kappa shape index (κ1) is 43.9. The van der Waals surface area contributed by atoms with Crippen LogP contribution in [0.25, 0.3) is 0 Å². The molecule has 0 atom stereocenters. The molecule has 0 saturated heterocycles. The summed E-state index contributed by atoms with van der Waals surface area (Å²) < 4.78 is 148. The summed E-state index contributed by atoms with van der Waals surface area (Å²) in [6.07, 6.45) is -16.4. The molecule has 0 aromatic heterocycles. The van der Waals surface area contributed by atoms with Crippen LogP contribution in [0, 0.1) is 60.7 Å². The summed E-state index contributed by atoms with van der Waals surface area (Å²) in [5.41, 5.74) is -21.3. The minimum absolute atomic E-state index is 0.290. The molecule has 0 aliphatic rings. The molecule has 3 rings (SSSR count). The van der Waals surface area contributed by atoms with Crippen LogP contribution in [-0.4, -0.2) is 29.5 Å². The Morgan fingerprint density at radius 1 is 0.411 bits per heavy atom. The molecule has 0 aliphatic carbocycles. The predicted molar refractivity (Wildman–Crippen MR) is 156 cm³/mol. The standard InChI is InChI=1S/C24H12F9N6O16P/c25-22(26,27)10-1-16(34(40)41)13(17(2-10)35(42)43)7-53-56(52,54-8-14-18(36(44)45)3-11(23(28,29)30)4-19(14)37(46)47)55-9-15-20(38(48)49)5-12(24(31,32)33)6-21(15)39(50)51/h1-6H,7-9H2. The maximum atomic E-state index is 13.9. The second-order valence-electron chi connectivity index (χ2n) is 10.3. The largest absolute Gasteiger partial charge is 0.475 e. The van der Waals surface area contributed by atoms with E-state index in [0.29, 0.717) is 0 Å². The van der Waals surface area contributed by atoms with Crippen LogP contribution in [0.2, 0.25) is 0 Å². The van der Waals surface area contributed by atoms with Gasteiger partial charge in [-0.25, -0.2) is 4.57 Å². The number of benzene rings is 3. The van der Waals surface area contributed by atoms with E-state index >= 15 is 0 Å². The maximum absolute atomic E-state index is 13.9. The molecule has 32 heteroatoms. The minimum Gasteiger partial charge on any atom is -0.281 e. The van der Waals surface area contributed by atoms with Crippen molar-refractivity contribution in [1.29, 1.82) is 0 Å². The Morgan fingerprint density at radius 3 is 0.696 bits per heavy atom. The normalized spacial score (nSPS) is 12.3. The van der Waals surface area contributed by atoms with Gasteiger partial charge in [0.15, 0.2) is 0 Å². The van der Waals surface area contributed by atoms with Gasteiger partial charge in [0.25, 0.3) is 34.1 Å². The van der Waals surface area contributed by atoms with Crippen molar-refractivity contribution in [3.63, 3.8) is 0 Å². The number of hydrogen-bond acceptors (Lipinski definition) is 16. The third-order valence-corrected chi connectivity index (χ3v) is 8.21. The zero-order chi connectivity index (χ0) is 42.9. The van der Waals surface area contributed by atoms with Crippen molar-refractivity contribution >= 4 is 41.9 Å². The van der Waals surface area contributed by atoms with Crippen molar-refractivity contribution in [1.82, 2.24) is 0 Å². The summed E-state index contributed by atoms with van der Waals surface area (Å²) in [5.74, 6) is 0. The lowest BCUT2D eigenvalue weighted by atomic mass is 10.1. The lowest BCUT2D eigenvalue weighted by Crippen LogP contribution is -2.12. The van der Waals surface area contributed by atoms with Gasteiger partial charge in [-0.1, -0.05) is 0 Å². The molecule has 0 saturated carbocycles. The molecule has 302 valence electrons. The van der Waals surface area contributed by atoms with E-state index < -0.39 is 143 Å². The van der Waals surface area contributed by atoms with Crippen molar-refractivity contribution in [3.05, 3.63) is 130 Å². The predicted octanol–water partition coefficient (Wildman–Crippen LogP) is 8.25. The number of nitrogens with zero attached hydrogens (tertiary/aromatic N) is 6. The molecule has 0 bridgehead atoms. The highest BCUT2D eigenvalue weighted by atomic mass is 31.2. The highest BCUT2D eigenvalue weighted by Crippen LogP contribution is 2.55. The highest BCUT2D eigenvalue weighted by Gasteiger charge is 2.43. The van der Waals surface area contributed by atoms with Gasteiger partial charge in [0, 0.05) is 36.4 Å². The van der Waals surface area contributed by atoms with Gasteiger partial charge in [0.2, 0.25) is 0 Å². The average Bonchev–Trinajstić information content (AvgIpc) is 3.06. The Hall–Kier alpha value is -6.46. The number of phosphoric acid groups is 1. The van der Waals surface area contributed by atoms with Crippen LogP contribution in [0.5, 0.6) is 0 Å². The van der Waals surface area contributed by atoms with Crippen molar-refractivity contribution < 1.29 is 87.2 Å². The quantitative estimate of drug-likeness (QED) is 0.0601. The van der Waals surface area contributed by atoms with E-state index in [0.717, 1.165) is 0 Å². The monoisotopic (exact) mass is 842 g/mol. The Kier molecular flexibility index (Phi) is 12.3. The lowest BCUT2D eigenvalue weighted by molar-refractivity contribution is -0.396. The smallest absolute Gasteiger partial charge is 0.281 e. The van der Waals surface area contributed by atoms with Gasteiger partial charge in [-0.2, -0.15) is 39.5 Å². The van der Waals surface area contributed by atoms with E-state index in [1.807, 2.05) is 0 Å². The second kappa shape index (κ2) is 15.7. The first-order valence-corrected chi connectivity index (χ1v) is 15.1. The number of hydrogen-bond donors (Lipinski definition) is 0. The summed E-state index contributed by atoms with van der Waals surface area (Å²) >= 11 is 0.